The van der Waals surface area contributed by atoms with Crippen molar-refractivity contribution in [2.75, 3.05) is 13.2 Å². The second kappa shape index (κ2) is 9.94. The number of para-hydroxylation sites is 3. The Morgan fingerprint density at radius 3 is 2.57 bits per heavy atom. The SMILES string of the molecule is CCOc1cccc(CNCCc2nc3ccccc3[nH]2)c1OCc1ccccc1. The standard InChI is InChI=1S/C25H27N3O2/c1-2-29-23-14-8-11-20(25(23)30-18-19-9-4-3-5-10-19)17-26-16-15-24-27-21-12-6-7-13-22(21)28-24/h3-14,26H,2,15-18H2,1H3,(H,27,28). The lowest BCUT2D eigenvalue weighted by Gasteiger charge is -2.16. The Balaban J connectivity index is 1.39. The molecule has 2 N–H and O–H groups in total. The zero-order valence-corrected chi connectivity index (χ0v) is 17.2. The third kappa shape index (κ3) is 4.99. The van der Waals surface area contributed by atoms with Gasteiger partial charge in [-0.05, 0) is 30.7 Å². The van der Waals surface area contributed by atoms with Crippen LogP contribution in [0.5, 0.6) is 11.5 Å². The molecule has 3 aromatic carbocycles. The summed E-state index contributed by atoms with van der Waals surface area (Å²) in [4.78, 5) is 8.01. The van der Waals surface area contributed by atoms with Crippen LogP contribution in [0.25, 0.3) is 11.0 Å². The molecule has 0 saturated carbocycles. The number of hydrogen-bond acceptors (Lipinski definition) is 4. The topological polar surface area (TPSA) is 59.2 Å². The first kappa shape index (κ1) is 20.0. The van der Waals surface area contributed by atoms with Crippen molar-refractivity contribution < 1.29 is 9.47 Å². The molecule has 0 aliphatic rings. The van der Waals surface area contributed by atoms with Gasteiger partial charge in [-0.3, -0.25) is 0 Å². The molecule has 0 aliphatic heterocycles. The van der Waals surface area contributed by atoms with Crippen molar-refractivity contribution in [2.24, 2.45) is 0 Å². The van der Waals surface area contributed by atoms with Gasteiger partial charge in [-0.2, -0.15) is 0 Å². The fraction of sp³-hybridized carbons (Fsp3) is 0.240. The molecule has 0 bridgehead atoms. The molecular weight excluding hydrogens is 374 g/mol. The third-order valence-electron chi connectivity index (χ3n) is 4.88. The molecule has 154 valence electrons. The van der Waals surface area contributed by atoms with Crippen LogP contribution in [0.4, 0.5) is 0 Å². The molecule has 0 unspecified atom stereocenters. The molecule has 4 aromatic rings. The molecular formula is C25H27N3O2. The lowest BCUT2D eigenvalue weighted by Crippen LogP contribution is -2.18. The Morgan fingerprint density at radius 1 is 0.900 bits per heavy atom. The Labute approximate surface area is 177 Å². The van der Waals surface area contributed by atoms with E-state index in [2.05, 4.69) is 39.6 Å². The summed E-state index contributed by atoms with van der Waals surface area (Å²) in [6.07, 6.45) is 0.833. The van der Waals surface area contributed by atoms with Crippen LogP contribution in [-0.4, -0.2) is 23.1 Å². The summed E-state index contributed by atoms with van der Waals surface area (Å²) >= 11 is 0. The summed E-state index contributed by atoms with van der Waals surface area (Å²) < 4.78 is 12.0. The molecule has 0 spiro atoms. The molecule has 0 fully saturated rings. The highest BCUT2D eigenvalue weighted by atomic mass is 16.5. The summed E-state index contributed by atoms with van der Waals surface area (Å²) in [6.45, 7) is 4.61. The number of fused-ring (bicyclic) bond motifs is 1. The predicted molar refractivity (Wildman–Crippen MR) is 120 cm³/mol. The minimum atomic E-state index is 0.511. The smallest absolute Gasteiger partial charge is 0.166 e. The van der Waals surface area contributed by atoms with Gasteiger partial charge in [0, 0.05) is 25.1 Å². The molecule has 30 heavy (non-hydrogen) atoms. The van der Waals surface area contributed by atoms with Crippen molar-refractivity contribution in [1.82, 2.24) is 15.3 Å². The first-order chi connectivity index (χ1) is 14.8. The maximum absolute atomic E-state index is 6.18. The number of nitrogens with zero attached hydrogens (tertiary/aromatic N) is 1. The second-order valence-electron chi connectivity index (χ2n) is 7.08. The van der Waals surface area contributed by atoms with Gasteiger partial charge in [-0.1, -0.05) is 54.6 Å². The van der Waals surface area contributed by atoms with Gasteiger partial charge in [0.25, 0.3) is 0 Å². The molecule has 4 rings (SSSR count). The Kier molecular flexibility index (Phi) is 6.62. The number of ether oxygens (including phenoxy) is 2. The van der Waals surface area contributed by atoms with Gasteiger partial charge in [0.05, 0.1) is 17.6 Å². The number of H-pyrrole nitrogens is 1. The molecule has 0 saturated heterocycles. The molecule has 0 amide bonds. The summed E-state index contributed by atoms with van der Waals surface area (Å²) in [5, 5.41) is 3.51. The highest BCUT2D eigenvalue weighted by Gasteiger charge is 2.11. The van der Waals surface area contributed by atoms with E-state index in [0.717, 1.165) is 52.4 Å². The quantitative estimate of drug-likeness (QED) is 0.372. The Bertz CT molecular complexity index is 1040. The maximum atomic E-state index is 6.18. The van der Waals surface area contributed by atoms with E-state index >= 15 is 0 Å². The fourth-order valence-electron chi connectivity index (χ4n) is 3.42. The van der Waals surface area contributed by atoms with Crippen LogP contribution in [0, 0.1) is 0 Å². The van der Waals surface area contributed by atoms with Gasteiger partial charge in [-0.25, -0.2) is 4.98 Å². The van der Waals surface area contributed by atoms with E-state index in [1.807, 2.05) is 55.5 Å². The van der Waals surface area contributed by atoms with Crippen molar-refractivity contribution in [3.8, 4) is 11.5 Å². The first-order valence-corrected chi connectivity index (χ1v) is 10.4. The summed E-state index contributed by atoms with van der Waals surface area (Å²) in [5.41, 5.74) is 4.30. The van der Waals surface area contributed by atoms with Crippen molar-refractivity contribution >= 4 is 11.0 Å². The monoisotopic (exact) mass is 401 g/mol. The minimum absolute atomic E-state index is 0.511. The molecule has 0 atom stereocenters. The molecule has 0 radical (unpaired) electrons. The maximum Gasteiger partial charge on any atom is 0.166 e. The van der Waals surface area contributed by atoms with Crippen molar-refractivity contribution in [3.05, 3.63) is 89.7 Å². The van der Waals surface area contributed by atoms with Crippen LogP contribution in [0.15, 0.2) is 72.8 Å². The zero-order valence-electron chi connectivity index (χ0n) is 17.2. The van der Waals surface area contributed by atoms with Gasteiger partial charge < -0.3 is 19.8 Å². The van der Waals surface area contributed by atoms with Crippen LogP contribution in [0.3, 0.4) is 0 Å². The van der Waals surface area contributed by atoms with E-state index in [1.165, 1.54) is 0 Å². The number of benzene rings is 3. The third-order valence-corrected chi connectivity index (χ3v) is 4.88. The predicted octanol–water partition coefficient (Wildman–Crippen LogP) is 4.87. The van der Waals surface area contributed by atoms with Crippen molar-refractivity contribution in [1.29, 1.82) is 0 Å². The first-order valence-electron chi connectivity index (χ1n) is 10.4. The lowest BCUT2D eigenvalue weighted by molar-refractivity contribution is 0.266. The van der Waals surface area contributed by atoms with Crippen molar-refractivity contribution in [3.63, 3.8) is 0 Å². The number of aromatic nitrogens is 2. The van der Waals surface area contributed by atoms with E-state index in [-0.39, 0.29) is 0 Å². The van der Waals surface area contributed by atoms with Crippen LogP contribution < -0.4 is 14.8 Å². The van der Waals surface area contributed by atoms with E-state index in [9.17, 15) is 0 Å². The number of nitrogens with one attached hydrogen (secondary N) is 2. The van der Waals surface area contributed by atoms with Crippen LogP contribution in [0.1, 0.15) is 23.9 Å². The average molecular weight is 402 g/mol. The fourth-order valence-corrected chi connectivity index (χ4v) is 3.42. The van der Waals surface area contributed by atoms with Crippen LogP contribution in [0.2, 0.25) is 0 Å². The van der Waals surface area contributed by atoms with E-state index in [1.54, 1.807) is 0 Å². The number of imidazole rings is 1. The largest absolute Gasteiger partial charge is 0.490 e. The van der Waals surface area contributed by atoms with E-state index < -0.39 is 0 Å². The molecule has 1 heterocycles. The number of rotatable bonds is 10. The van der Waals surface area contributed by atoms with Gasteiger partial charge in [-0.15, -0.1) is 0 Å². The van der Waals surface area contributed by atoms with E-state index in [0.29, 0.717) is 19.8 Å². The Hall–Kier alpha value is -3.31. The lowest BCUT2D eigenvalue weighted by atomic mass is 10.1. The van der Waals surface area contributed by atoms with E-state index in [4.69, 9.17) is 9.47 Å². The van der Waals surface area contributed by atoms with Crippen molar-refractivity contribution in [2.45, 2.75) is 26.5 Å². The summed E-state index contributed by atoms with van der Waals surface area (Å²) in [6, 6.07) is 24.3. The van der Waals surface area contributed by atoms with Gasteiger partial charge >= 0.3 is 0 Å². The summed E-state index contributed by atoms with van der Waals surface area (Å²) in [5.74, 6) is 2.58. The number of hydrogen-bond donors (Lipinski definition) is 2. The summed E-state index contributed by atoms with van der Waals surface area (Å²) in [7, 11) is 0. The molecule has 0 aliphatic carbocycles. The zero-order chi connectivity index (χ0) is 20.6. The highest BCUT2D eigenvalue weighted by molar-refractivity contribution is 5.74. The van der Waals surface area contributed by atoms with Crippen LogP contribution >= 0.6 is 0 Å². The van der Waals surface area contributed by atoms with Crippen LogP contribution in [-0.2, 0) is 19.6 Å². The number of aromatic amines is 1. The molecule has 5 heteroatoms. The van der Waals surface area contributed by atoms with Gasteiger partial charge in [0.15, 0.2) is 11.5 Å². The second-order valence-corrected chi connectivity index (χ2v) is 7.08. The van der Waals surface area contributed by atoms with Gasteiger partial charge in [0.1, 0.15) is 12.4 Å². The minimum Gasteiger partial charge on any atom is -0.490 e. The average Bonchev–Trinajstić information content (AvgIpc) is 3.20. The highest BCUT2D eigenvalue weighted by Crippen LogP contribution is 2.32. The Morgan fingerprint density at radius 2 is 1.73 bits per heavy atom. The van der Waals surface area contributed by atoms with Gasteiger partial charge in [0.2, 0.25) is 0 Å². The normalized spacial score (nSPS) is 11.0. The molecule has 1 aromatic heterocycles. The molecule has 5 nitrogen and oxygen atoms in total.